The van der Waals surface area contributed by atoms with Crippen LogP contribution in [-0.4, -0.2) is 76.1 Å². The fraction of sp³-hybridized carbons (Fsp3) is 0.333. The number of amides is 2. The summed E-state index contributed by atoms with van der Waals surface area (Å²) in [5.74, 6) is -0.505. The molecule has 0 bridgehead atoms. The molecule has 18 heteroatoms. The van der Waals surface area contributed by atoms with E-state index < -0.39 is 54.7 Å². The van der Waals surface area contributed by atoms with E-state index in [1.54, 1.807) is 0 Å². The average Bonchev–Trinajstić information content (AvgIpc) is 2.71. The summed E-state index contributed by atoms with van der Waals surface area (Å²) >= 11 is 0. The predicted octanol–water partition coefficient (Wildman–Crippen LogP) is 0.582. The van der Waals surface area contributed by atoms with Gasteiger partial charge in [0, 0.05) is 13.2 Å². The van der Waals surface area contributed by atoms with Crippen molar-refractivity contribution in [3.63, 3.8) is 0 Å². The Morgan fingerprint density at radius 3 is 2.21 bits per heavy atom. The number of pyridine rings is 1. The van der Waals surface area contributed by atoms with E-state index in [0.717, 1.165) is 18.3 Å². The van der Waals surface area contributed by atoms with Crippen molar-refractivity contribution < 1.29 is 44.3 Å². The van der Waals surface area contributed by atoms with Crippen LogP contribution in [0.1, 0.15) is 0 Å². The Balaban J connectivity index is 2.34. The maximum atomic E-state index is 12.6. The summed E-state index contributed by atoms with van der Waals surface area (Å²) in [5, 5.41) is 0.785. The third kappa shape index (κ3) is 6.62. The van der Waals surface area contributed by atoms with Crippen molar-refractivity contribution in [2.24, 2.45) is 0 Å². The summed E-state index contributed by atoms with van der Waals surface area (Å²) in [6.45, 7) is -1.88. The van der Waals surface area contributed by atoms with Gasteiger partial charge in [0.25, 0.3) is 10.0 Å². The molecule has 2 amide bonds. The van der Waals surface area contributed by atoms with Crippen molar-refractivity contribution in [1.82, 2.24) is 24.0 Å². The molecule has 0 spiro atoms. The van der Waals surface area contributed by atoms with E-state index in [4.69, 9.17) is 9.47 Å². The molecule has 0 aliphatic heterocycles. The molecule has 0 atom stereocenters. The van der Waals surface area contributed by atoms with Gasteiger partial charge in [-0.15, -0.1) is 0 Å². The lowest BCUT2D eigenvalue weighted by atomic mass is 10.5. The number of aromatic nitrogens is 3. The number of rotatable bonds is 8. The van der Waals surface area contributed by atoms with Crippen LogP contribution in [0.15, 0.2) is 34.3 Å². The first-order valence-corrected chi connectivity index (χ1v) is 11.4. The van der Waals surface area contributed by atoms with Gasteiger partial charge < -0.3 is 9.47 Å². The van der Waals surface area contributed by atoms with Crippen LogP contribution in [0.5, 0.6) is 11.8 Å². The number of sulfonamides is 2. The molecule has 0 radical (unpaired) electrons. The van der Waals surface area contributed by atoms with Gasteiger partial charge in [-0.1, -0.05) is 0 Å². The van der Waals surface area contributed by atoms with Crippen LogP contribution in [0.3, 0.4) is 0 Å². The number of carbonyl (C=O) groups excluding carboxylic acids is 1. The van der Waals surface area contributed by atoms with Gasteiger partial charge in [0.15, 0.2) is 5.03 Å². The number of hydrogen-bond acceptors (Lipinski definition) is 10. The third-order valence-corrected chi connectivity index (χ3v) is 6.88. The molecule has 0 fully saturated rings. The molecule has 0 aliphatic carbocycles. The number of nitrogens with zero attached hydrogens (tertiary/aromatic N) is 4. The minimum atomic E-state index is -4.98. The first kappa shape index (κ1) is 26.0. The van der Waals surface area contributed by atoms with Crippen LogP contribution in [0, 0.1) is 0 Å². The SMILES string of the molecule is COc1cc(OC)nc(NC(=O)NS(=O)(=O)c2ncccc2S(=O)(=O)N(C)CC(F)(F)F)n1. The van der Waals surface area contributed by atoms with Crippen LogP contribution in [-0.2, 0) is 20.0 Å². The fourth-order valence-corrected chi connectivity index (χ4v) is 4.99. The van der Waals surface area contributed by atoms with E-state index in [0.29, 0.717) is 7.05 Å². The first-order valence-electron chi connectivity index (χ1n) is 8.48. The zero-order chi connectivity index (χ0) is 25.0. The highest BCUT2D eigenvalue weighted by Crippen LogP contribution is 2.25. The number of urea groups is 1. The Labute approximate surface area is 186 Å². The fourth-order valence-electron chi connectivity index (χ4n) is 2.25. The second-order valence-electron chi connectivity index (χ2n) is 6.02. The molecule has 182 valence electrons. The average molecular weight is 514 g/mol. The Hall–Kier alpha value is -3.25. The minimum absolute atomic E-state index is 0.0363. The molecule has 0 aliphatic rings. The van der Waals surface area contributed by atoms with E-state index >= 15 is 0 Å². The zero-order valence-corrected chi connectivity index (χ0v) is 18.7. The quantitative estimate of drug-likeness (QED) is 0.508. The molecule has 2 heterocycles. The van der Waals surface area contributed by atoms with Gasteiger partial charge in [-0.2, -0.15) is 35.9 Å². The number of hydrogen-bond donors (Lipinski definition) is 2. The summed E-state index contributed by atoms with van der Waals surface area (Å²) in [5.41, 5.74) is 0. The molecule has 2 N–H and O–H groups in total. The van der Waals surface area contributed by atoms with Crippen molar-refractivity contribution >= 4 is 32.0 Å². The highest BCUT2D eigenvalue weighted by Gasteiger charge is 2.38. The molecule has 13 nitrogen and oxygen atoms in total. The molecule has 0 unspecified atom stereocenters. The lowest BCUT2D eigenvalue weighted by molar-refractivity contribution is -0.134. The predicted molar refractivity (Wildman–Crippen MR) is 105 cm³/mol. The van der Waals surface area contributed by atoms with Crippen LogP contribution >= 0.6 is 0 Å². The molecule has 0 saturated carbocycles. The van der Waals surface area contributed by atoms with E-state index in [9.17, 15) is 34.8 Å². The second-order valence-corrected chi connectivity index (χ2v) is 9.63. The molecule has 2 aromatic rings. The minimum Gasteiger partial charge on any atom is -0.481 e. The van der Waals surface area contributed by atoms with E-state index in [-0.39, 0.29) is 16.1 Å². The van der Waals surface area contributed by atoms with Crippen LogP contribution in [0.25, 0.3) is 0 Å². The van der Waals surface area contributed by atoms with Crippen molar-refractivity contribution in [2.45, 2.75) is 16.1 Å². The standard InChI is InChI=1S/C15H17F3N6O7S2/c1-24(8-15(16,17)18)33(28,29)9-5-4-6-19-12(9)32(26,27)23-14(25)22-13-20-10(30-2)7-11(21-13)31-3/h4-7H,8H2,1-3H3,(H2,20,21,22,23,25). The Kier molecular flexibility index (Phi) is 7.65. The third-order valence-electron chi connectivity index (χ3n) is 3.63. The topological polar surface area (TPSA) is 170 Å². The van der Waals surface area contributed by atoms with Crippen LogP contribution in [0.4, 0.5) is 23.9 Å². The molecular weight excluding hydrogens is 497 g/mol. The van der Waals surface area contributed by atoms with Gasteiger partial charge in [-0.25, -0.2) is 22.9 Å². The van der Waals surface area contributed by atoms with Crippen molar-refractivity contribution in [3.8, 4) is 11.8 Å². The summed E-state index contributed by atoms with van der Waals surface area (Å²) in [6, 6.07) is 1.58. The van der Waals surface area contributed by atoms with Gasteiger partial charge in [0.2, 0.25) is 27.7 Å². The number of anilines is 1. The maximum Gasteiger partial charge on any atom is 0.402 e. The maximum absolute atomic E-state index is 12.6. The molecular formula is C15H17F3N6O7S2. The highest BCUT2D eigenvalue weighted by molar-refractivity contribution is 7.92. The Bertz CT molecular complexity index is 1220. The molecule has 33 heavy (non-hydrogen) atoms. The largest absolute Gasteiger partial charge is 0.481 e. The van der Waals surface area contributed by atoms with E-state index in [1.807, 2.05) is 5.32 Å². The lowest BCUT2D eigenvalue weighted by Gasteiger charge is -2.20. The monoisotopic (exact) mass is 514 g/mol. The van der Waals surface area contributed by atoms with Crippen molar-refractivity contribution in [3.05, 3.63) is 24.4 Å². The number of alkyl halides is 3. The Morgan fingerprint density at radius 2 is 1.70 bits per heavy atom. The van der Waals surface area contributed by atoms with Gasteiger partial charge in [-0.3, -0.25) is 5.32 Å². The highest BCUT2D eigenvalue weighted by atomic mass is 32.2. The Morgan fingerprint density at radius 1 is 1.12 bits per heavy atom. The zero-order valence-electron chi connectivity index (χ0n) is 17.1. The number of nitrogens with one attached hydrogen (secondary N) is 2. The summed E-state index contributed by atoms with van der Waals surface area (Å²) in [7, 11) is -6.81. The van der Waals surface area contributed by atoms with Gasteiger partial charge in [0.05, 0.1) is 20.3 Å². The molecule has 0 saturated heterocycles. The van der Waals surface area contributed by atoms with Gasteiger partial charge in [-0.05, 0) is 12.1 Å². The molecule has 2 aromatic heterocycles. The van der Waals surface area contributed by atoms with Crippen LogP contribution < -0.4 is 19.5 Å². The van der Waals surface area contributed by atoms with Crippen molar-refractivity contribution in [2.75, 3.05) is 33.1 Å². The number of ether oxygens (including phenoxy) is 2. The normalized spacial score (nSPS) is 12.3. The van der Waals surface area contributed by atoms with Gasteiger partial charge in [0.1, 0.15) is 11.4 Å². The summed E-state index contributed by atoms with van der Waals surface area (Å²) in [4.78, 5) is 22.0. The van der Waals surface area contributed by atoms with Crippen LogP contribution in [0.2, 0.25) is 0 Å². The lowest BCUT2D eigenvalue weighted by Crippen LogP contribution is -2.39. The summed E-state index contributed by atoms with van der Waals surface area (Å²) in [6.07, 6.45) is -4.01. The van der Waals surface area contributed by atoms with E-state index in [1.165, 1.54) is 25.0 Å². The smallest absolute Gasteiger partial charge is 0.402 e. The van der Waals surface area contributed by atoms with E-state index in [2.05, 4.69) is 15.0 Å². The molecule has 0 aromatic carbocycles. The number of methoxy groups -OCH3 is 2. The first-order chi connectivity index (χ1) is 15.2. The number of halogens is 3. The van der Waals surface area contributed by atoms with Crippen molar-refractivity contribution in [1.29, 1.82) is 0 Å². The number of carbonyl (C=O) groups is 1. The van der Waals surface area contributed by atoms with Gasteiger partial charge >= 0.3 is 12.2 Å². The second kappa shape index (κ2) is 9.71. The molecule has 2 rings (SSSR count). The summed E-state index contributed by atoms with van der Waals surface area (Å²) < 4.78 is 99.4.